The van der Waals surface area contributed by atoms with Crippen molar-refractivity contribution in [2.75, 3.05) is 26.2 Å². The van der Waals surface area contributed by atoms with Crippen molar-refractivity contribution >= 4 is 6.09 Å². The predicted molar refractivity (Wildman–Crippen MR) is 103 cm³/mol. The van der Waals surface area contributed by atoms with Crippen LogP contribution in [0.5, 0.6) is 0 Å². The van der Waals surface area contributed by atoms with Crippen molar-refractivity contribution in [1.29, 1.82) is 0 Å². The molecular formula is C21H21FN4O2. The number of carbonyl (C=O) groups is 1. The first-order chi connectivity index (χ1) is 13.7. The molecular weight excluding hydrogens is 359 g/mol. The van der Waals surface area contributed by atoms with Crippen LogP contribution in [-0.2, 0) is 6.54 Å². The summed E-state index contributed by atoms with van der Waals surface area (Å²) in [5, 5.41) is 4.14. The van der Waals surface area contributed by atoms with Crippen molar-refractivity contribution < 1.29 is 14.0 Å². The van der Waals surface area contributed by atoms with Gasteiger partial charge in [0, 0.05) is 38.3 Å². The molecule has 144 valence electrons. The van der Waals surface area contributed by atoms with Gasteiger partial charge in [0.1, 0.15) is 5.82 Å². The zero-order chi connectivity index (χ0) is 19.3. The normalized spacial score (nSPS) is 14.8. The van der Waals surface area contributed by atoms with E-state index < -0.39 is 6.09 Å². The van der Waals surface area contributed by atoms with Gasteiger partial charge in [-0.05, 0) is 23.8 Å². The van der Waals surface area contributed by atoms with E-state index in [1.54, 1.807) is 29.2 Å². The first-order valence-electron chi connectivity index (χ1n) is 9.23. The minimum atomic E-state index is -0.456. The maximum Gasteiger partial charge on any atom is 0.436 e. The Morgan fingerprint density at radius 2 is 1.68 bits per heavy atom. The number of nitrogens with zero attached hydrogens (tertiary/aromatic N) is 4. The Balaban J connectivity index is 1.31. The van der Waals surface area contributed by atoms with Crippen molar-refractivity contribution in [3.63, 3.8) is 0 Å². The molecule has 1 fully saturated rings. The monoisotopic (exact) mass is 380 g/mol. The molecule has 1 saturated heterocycles. The molecule has 0 saturated carbocycles. The third-order valence-corrected chi connectivity index (χ3v) is 4.77. The van der Waals surface area contributed by atoms with Crippen molar-refractivity contribution in [3.05, 3.63) is 78.2 Å². The van der Waals surface area contributed by atoms with Crippen LogP contribution in [0.25, 0.3) is 11.3 Å². The lowest BCUT2D eigenvalue weighted by molar-refractivity contribution is 0.0581. The molecule has 0 aliphatic carbocycles. The smallest absolute Gasteiger partial charge is 0.304 e. The van der Waals surface area contributed by atoms with Gasteiger partial charge in [-0.25, -0.2) is 9.18 Å². The summed E-state index contributed by atoms with van der Waals surface area (Å²) < 4.78 is 13.9. The lowest BCUT2D eigenvalue weighted by Gasteiger charge is -2.33. The molecule has 1 aliphatic rings. The number of benzene rings is 2. The second kappa shape index (κ2) is 8.22. The van der Waals surface area contributed by atoms with Crippen molar-refractivity contribution in [1.82, 2.24) is 19.7 Å². The number of hydrogen-bond acceptors (Lipinski definition) is 4. The number of aromatic nitrogens is 2. The van der Waals surface area contributed by atoms with Gasteiger partial charge in [0.05, 0.1) is 11.9 Å². The Hall–Kier alpha value is -3.19. The lowest BCUT2D eigenvalue weighted by Crippen LogP contribution is -2.50. The van der Waals surface area contributed by atoms with E-state index in [1.807, 2.05) is 18.2 Å². The Morgan fingerprint density at radius 3 is 2.43 bits per heavy atom. The van der Waals surface area contributed by atoms with E-state index in [9.17, 15) is 9.18 Å². The fourth-order valence-corrected chi connectivity index (χ4v) is 3.24. The van der Waals surface area contributed by atoms with Crippen molar-refractivity contribution in [2.45, 2.75) is 6.54 Å². The minimum Gasteiger partial charge on any atom is -0.304 e. The van der Waals surface area contributed by atoms with E-state index in [2.05, 4.69) is 22.1 Å². The van der Waals surface area contributed by atoms with Gasteiger partial charge in [-0.3, -0.25) is 9.74 Å². The molecule has 6 nitrogen and oxygen atoms in total. The summed E-state index contributed by atoms with van der Waals surface area (Å²) in [5.74, 6) is -0.367. The third-order valence-electron chi connectivity index (χ3n) is 4.77. The fourth-order valence-electron chi connectivity index (χ4n) is 3.24. The quantitative estimate of drug-likeness (QED) is 0.698. The van der Waals surface area contributed by atoms with Crippen LogP contribution in [0.3, 0.4) is 0 Å². The molecule has 7 heteroatoms. The molecule has 0 N–H and O–H groups in total. The molecule has 0 radical (unpaired) electrons. The second-order valence-corrected chi connectivity index (χ2v) is 6.69. The van der Waals surface area contributed by atoms with Crippen molar-refractivity contribution in [2.24, 2.45) is 0 Å². The number of hydrogen-bond donors (Lipinski definition) is 0. The Morgan fingerprint density at radius 1 is 0.964 bits per heavy atom. The van der Waals surface area contributed by atoms with Gasteiger partial charge >= 0.3 is 6.09 Å². The largest absolute Gasteiger partial charge is 0.436 e. The van der Waals surface area contributed by atoms with Gasteiger partial charge < -0.3 is 4.90 Å². The van der Waals surface area contributed by atoms with E-state index in [0.717, 1.165) is 24.5 Å². The van der Waals surface area contributed by atoms with Gasteiger partial charge in [0.25, 0.3) is 0 Å². The Bertz CT molecular complexity index is 936. The molecule has 4 rings (SSSR count). The standard InChI is InChI=1S/C21H21FN4O2/c22-19-9-5-4-8-18(19)20-10-11-26(23-20)28-21(27)25-14-12-24(13-15-25)16-17-6-2-1-3-7-17/h1-11H,12-16H2. The van der Waals surface area contributed by atoms with Crippen LogP contribution < -0.4 is 4.84 Å². The summed E-state index contributed by atoms with van der Waals surface area (Å²) in [6.07, 6.45) is 1.05. The fraction of sp³-hybridized carbons (Fsp3) is 0.238. The highest BCUT2D eigenvalue weighted by atomic mass is 19.1. The number of piperazine rings is 1. The summed E-state index contributed by atoms with van der Waals surface area (Å²) in [7, 11) is 0. The van der Waals surface area contributed by atoms with Gasteiger partial charge in [-0.15, -0.1) is 5.10 Å². The molecule has 28 heavy (non-hydrogen) atoms. The molecule has 0 bridgehead atoms. The number of rotatable bonds is 4. The van der Waals surface area contributed by atoms with Crippen LogP contribution in [0, 0.1) is 5.82 Å². The van der Waals surface area contributed by atoms with Crippen LogP contribution in [0.1, 0.15) is 5.56 Å². The molecule has 1 aliphatic heterocycles. The highest BCUT2D eigenvalue weighted by molar-refractivity contribution is 5.68. The average Bonchev–Trinajstić information content (AvgIpc) is 3.18. The maximum absolute atomic E-state index is 13.9. The summed E-state index contributed by atoms with van der Waals surface area (Å²) in [6, 6.07) is 18.2. The molecule has 0 unspecified atom stereocenters. The zero-order valence-corrected chi connectivity index (χ0v) is 15.4. The minimum absolute atomic E-state index is 0.367. The van der Waals surface area contributed by atoms with E-state index >= 15 is 0 Å². The van der Waals surface area contributed by atoms with E-state index in [1.165, 1.54) is 17.8 Å². The summed E-state index contributed by atoms with van der Waals surface area (Å²) in [5.41, 5.74) is 2.04. The Labute approximate surface area is 162 Å². The van der Waals surface area contributed by atoms with Crippen molar-refractivity contribution in [3.8, 4) is 11.3 Å². The topological polar surface area (TPSA) is 50.6 Å². The zero-order valence-electron chi connectivity index (χ0n) is 15.4. The first kappa shape index (κ1) is 18.2. The third kappa shape index (κ3) is 4.20. The molecule has 1 amide bonds. The first-order valence-corrected chi connectivity index (χ1v) is 9.23. The van der Waals surface area contributed by atoms with Gasteiger partial charge in [0.2, 0.25) is 0 Å². The molecule has 0 atom stereocenters. The average molecular weight is 380 g/mol. The molecule has 0 spiro atoms. The number of carbonyl (C=O) groups excluding carboxylic acids is 1. The highest BCUT2D eigenvalue weighted by Crippen LogP contribution is 2.20. The summed E-state index contributed by atoms with van der Waals surface area (Å²) >= 11 is 0. The molecule has 1 aromatic heterocycles. The number of halogens is 1. The van der Waals surface area contributed by atoms with Gasteiger partial charge in [-0.2, -0.15) is 0 Å². The highest BCUT2D eigenvalue weighted by Gasteiger charge is 2.23. The molecule has 2 aromatic carbocycles. The van der Waals surface area contributed by atoms with Gasteiger partial charge in [-0.1, -0.05) is 47.3 Å². The molecule has 2 heterocycles. The SMILES string of the molecule is O=C(On1ccc(-c2ccccc2F)n1)N1CCN(Cc2ccccc2)CC1. The Kier molecular flexibility index (Phi) is 5.34. The second-order valence-electron chi connectivity index (χ2n) is 6.69. The predicted octanol–water partition coefficient (Wildman–Crippen LogP) is 3.06. The maximum atomic E-state index is 13.9. The van der Waals surface area contributed by atoms with E-state index in [-0.39, 0.29) is 5.82 Å². The van der Waals surface area contributed by atoms with Gasteiger partial charge in [0.15, 0.2) is 0 Å². The van der Waals surface area contributed by atoms with Crippen LogP contribution >= 0.6 is 0 Å². The molecule has 3 aromatic rings. The van der Waals surface area contributed by atoms with Crippen LogP contribution in [0.15, 0.2) is 66.9 Å². The summed E-state index contributed by atoms with van der Waals surface area (Å²) in [4.78, 5) is 22.7. The van der Waals surface area contributed by atoms with E-state index in [0.29, 0.717) is 24.3 Å². The van der Waals surface area contributed by atoms with Crippen LogP contribution in [0.2, 0.25) is 0 Å². The number of amides is 1. The van der Waals surface area contributed by atoms with Crippen LogP contribution in [0.4, 0.5) is 9.18 Å². The lowest BCUT2D eigenvalue weighted by atomic mass is 10.1. The van der Waals surface area contributed by atoms with Crippen LogP contribution in [-0.4, -0.2) is 52.0 Å². The van der Waals surface area contributed by atoms with E-state index in [4.69, 9.17) is 4.84 Å². The summed E-state index contributed by atoms with van der Waals surface area (Å²) in [6.45, 7) is 3.61.